The first-order valence-electron chi connectivity index (χ1n) is 10.4. The molecule has 0 unspecified atom stereocenters. The molecule has 1 aliphatic heterocycles. The van der Waals surface area contributed by atoms with Crippen LogP contribution in [0.25, 0.3) is 0 Å². The highest BCUT2D eigenvalue weighted by Crippen LogP contribution is 2.27. The van der Waals surface area contributed by atoms with Crippen LogP contribution in [0.2, 0.25) is 0 Å². The van der Waals surface area contributed by atoms with Gasteiger partial charge >= 0.3 is 0 Å². The highest BCUT2D eigenvalue weighted by molar-refractivity contribution is 7.92. The molecule has 0 saturated carbocycles. The van der Waals surface area contributed by atoms with Gasteiger partial charge in [-0.15, -0.1) is 0 Å². The first-order valence-corrected chi connectivity index (χ1v) is 12.2. The predicted octanol–water partition coefficient (Wildman–Crippen LogP) is 3.85. The third-order valence-electron chi connectivity index (χ3n) is 5.69. The van der Waals surface area contributed by atoms with Crippen LogP contribution < -0.4 is 4.31 Å². The van der Waals surface area contributed by atoms with Crippen molar-refractivity contribution in [2.45, 2.75) is 38.6 Å². The standard InChI is InChI=1S/C23H29FN2O3S/c1-3-22(26(30(2,28)29)21-11-9-20(24)10-12-21)23(27)25-15-13-19(14-16-25)17-18-7-5-4-6-8-18/h4-12,19,22H,3,13-17H2,1-2H3/t22-/m1/s1. The molecule has 1 heterocycles. The van der Waals surface area contributed by atoms with Gasteiger partial charge in [-0.05, 0) is 61.4 Å². The van der Waals surface area contributed by atoms with Gasteiger partial charge in [-0.2, -0.15) is 0 Å². The molecule has 1 atom stereocenters. The topological polar surface area (TPSA) is 57.7 Å². The van der Waals surface area contributed by atoms with Gasteiger partial charge in [0.05, 0.1) is 11.9 Å². The summed E-state index contributed by atoms with van der Waals surface area (Å²) >= 11 is 0. The number of hydrogen-bond acceptors (Lipinski definition) is 3. The van der Waals surface area contributed by atoms with Gasteiger partial charge in [0.1, 0.15) is 11.9 Å². The lowest BCUT2D eigenvalue weighted by Gasteiger charge is -2.37. The van der Waals surface area contributed by atoms with E-state index in [2.05, 4.69) is 12.1 Å². The number of sulfonamides is 1. The molecule has 1 saturated heterocycles. The van der Waals surface area contributed by atoms with Gasteiger partial charge in [0.25, 0.3) is 0 Å². The van der Waals surface area contributed by atoms with Crippen LogP contribution in [0, 0.1) is 11.7 Å². The second-order valence-electron chi connectivity index (χ2n) is 7.92. The van der Waals surface area contributed by atoms with E-state index in [4.69, 9.17) is 0 Å². The van der Waals surface area contributed by atoms with E-state index in [1.807, 2.05) is 18.2 Å². The molecule has 1 amide bonds. The Morgan fingerprint density at radius 2 is 1.70 bits per heavy atom. The molecule has 0 aliphatic carbocycles. The van der Waals surface area contributed by atoms with E-state index in [9.17, 15) is 17.6 Å². The van der Waals surface area contributed by atoms with Crippen LogP contribution in [-0.2, 0) is 21.2 Å². The van der Waals surface area contributed by atoms with Crippen molar-refractivity contribution >= 4 is 21.6 Å². The first kappa shape index (κ1) is 22.3. The van der Waals surface area contributed by atoms with Gasteiger partial charge in [-0.1, -0.05) is 37.3 Å². The lowest BCUT2D eigenvalue weighted by atomic mass is 9.90. The number of carbonyl (C=O) groups excluding carboxylic acids is 1. The maximum Gasteiger partial charge on any atom is 0.246 e. The van der Waals surface area contributed by atoms with Gasteiger partial charge in [-0.25, -0.2) is 12.8 Å². The monoisotopic (exact) mass is 432 g/mol. The molecule has 0 spiro atoms. The van der Waals surface area contributed by atoms with Crippen molar-refractivity contribution in [1.29, 1.82) is 0 Å². The number of nitrogens with zero attached hydrogens (tertiary/aromatic N) is 2. The van der Waals surface area contributed by atoms with Gasteiger partial charge in [0, 0.05) is 13.1 Å². The fraction of sp³-hybridized carbons (Fsp3) is 0.435. The summed E-state index contributed by atoms with van der Waals surface area (Å²) in [5, 5.41) is 0. The molecule has 30 heavy (non-hydrogen) atoms. The molecule has 3 rings (SSSR count). The lowest BCUT2D eigenvalue weighted by molar-refractivity contribution is -0.133. The average Bonchev–Trinajstić information content (AvgIpc) is 2.73. The minimum absolute atomic E-state index is 0.189. The molecule has 1 fully saturated rings. The fourth-order valence-electron chi connectivity index (χ4n) is 4.15. The van der Waals surface area contributed by atoms with E-state index in [-0.39, 0.29) is 5.91 Å². The number of piperidine rings is 1. The van der Waals surface area contributed by atoms with Crippen molar-refractivity contribution in [3.63, 3.8) is 0 Å². The van der Waals surface area contributed by atoms with E-state index in [0.29, 0.717) is 31.1 Å². The summed E-state index contributed by atoms with van der Waals surface area (Å²) in [5.41, 5.74) is 1.60. The lowest BCUT2D eigenvalue weighted by Crippen LogP contribution is -2.52. The number of halogens is 1. The number of rotatable bonds is 7. The molecule has 0 radical (unpaired) electrons. The molecular formula is C23H29FN2O3S. The number of anilines is 1. The van der Waals surface area contributed by atoms with Crippen molar-refractivity contribution < 1.29 is 17.6 Å². The van der Waals surface area contributed by atoms with E-state index >= 15 is 0 Å². The summed E-state index contributed by atoms with van der Waals surface area (Å²) in [6, 6.07) is 14.7. The molecule has 5 nitrogen and oxygen atoms in total. The highest BCUT2D eigenvalue weighted by atomic mass is 32.2. The second kappa shape index (κ2) is 9.60. The molecule has 2 aromatic carbocycles. The van der Waals surface area contributed by atoms with Gasteiger partial charge in [0.15, 0.2) is 0 Å². The van der Waals surface area contributed by atoms with E-state index in [1.165, 1.54) is 29.8 Å². The molecule has 1 aliphatic rings. The Morgan fingerprint density at radius 3 is 2.23 bits per heavy atom. The molecule has 0 bridgehead atoms. The summed E-state index contributed by atoms with van der Waals surface area (Å²) in [4.78, 5) is 15.0. The van der Waals surface area contributed by atoms with Crippen molar-refractivity contribution in [3.8, 4) is 0 Å². The number of likely N-dealkylation sites (tertiary alicyclic amines) is 1. The minimum atomic E-state index is -3.71. The van der Waals surface area contributed by atoms with Crippen LogP contribution in [-0.4, -0.2) is 44.6 Å². The maximum absolute atomic E-state index is 13.3. The van der Waals surface area contributed by atoms with Crippen molar-refractivity contribution in [2.24, 2.45) is 5.92 Å². The van der Waals surface area contributed by atoms with Crippen LogP contribution in [0.4, 0.5) is 10.1 Å². The Bertz CT molecular complexity index is 940. The molecular weight excluding hydrogens is 403 g/mol. The summed E-state index contributed by atoms with van der Waals surface area (Å²) in [6.07, 6.45) is 4.20. The Labute approximate surface area is 178 Å². The highest BCUT2D eigenvalue weighted by Gasteiger charge is 2.35. The normalized spacial score (nSPS) is 16.3. The second-order valence-corrected chi connectivity index (χ2v) is 9.78. The zero-order chi connectivity index (χ0) is 21.7. The summed E-state index contributed by atoms with van der Waals surface area (Å²) in [6.45, 7) is 3.04. The summed E-state index contributed by atoms with van der Waals surface area (Å²) < 4.78 is 39.5. The number of amides is 1. The van der Waals surface area contributed by atoms with Crippen LogP contribution >= 0.6 is 0 Å². The Morgan fingerprint density at radius 1 is 1.10 bits per heavy atom. The Balaban J connectivity index is 1.71. The number of hydrogen-bond donors (Lipinski definition) is 0. The minimum Gasteiger partial charge on any atom is -0.341 e. The average molecular weight is 433 g/mol. The predicted molar refractivity (Wildman–Crippen MR) is 117 cm³/mol. The smallest absolute Gasteiger partial charge is 0.246 e. The van der Waals surface area contributed by atoms with Crippen LogP contribution in [0.1, 0.15) is 31.7 Å². The SMILES string of the molecule is CC[C@H](C(=O)N1CCC(Cc2ccccc2)CC1)N(c1ccc(F)cc1)S(C)(=O)=O. The Kier molecular flexibility index (Phi) is 7.13. The fourth-order valence-corrected chi connectivity index (χ4v) is 5.35. The Hall–Kier alpha value is -2.41. The maximum atomic E-state index is 13.3. The van der Waals surface area contributed by atoms with Crippen molar-refractivity contribution in [1.82, 2.24) is 4.90 Å². The van der Waals surface area contributed by atoms with Crippen molar-refractivity contribution in [3.05, 3.63) is 66.0 Å². The summed E-state index contributed by atoms with van der Waals surface area (Å²) in [7, 11) is -3.71. The largest absolute Gasteiger partial charge is 0.341 e. The van der Waals surface area contributed by atoms with Crippen LogP contribution in [0.3, 0.4) is 0 Å². The van der Waals surface area contributed by atoms with E-state index in [0.717, 1.165) is 29.8 Å². The van der Waals surface area contributed by atoms with E-state index < -0.39 is 21.9 Å². The number of carbonyl (C=O) groups is 1. The van der Waals surface area contributed by atoms with Gasteiger partial charge in [-0.3, -0.25) is 9.10 Å². The zero-order valence-corrected chi connectivity index (χ0v) is 18.3. The molecule has 0 N–H and O–H groups in total. The first-order chi connectivity index (χ1) is 14.3. The number of benzene rings is 2. The zero-order valence-electron chi connectivity index (χ0n) is 17.5. The molecule has 2 aromatic rings. The van der Waals surface area contributed by atoms with Crippen molar-refractivity contribution in [2.75, 3.05) is 23.7 Å². The molecule has 162 valence electrons. The quantitative estimate of drug-likeness (QED) is 0.668. The van der Waals surface area contributed by atoms with E-state index in [1.54, 1.807) is 11.8 Å². The third-order valence-corrected chi connectivity index (χ3v) is 6.87. The summed E-state index contributed by atoms with van der Waals surface area (Å²) in [5.74, 6) is -0.128. The van der Waals surface area contributed by atoms with Crippen LogP contribution in [0.5, 0.6) is 0 Å². The van der Waals surface area contributed by atoms with Gasteiger partial charge < -0.3 is 4.90 Å². The molecule has 7 heteroatoms. The van der Waals surface area contributed by atoms with Gasteiger partial charge in [0.2, 0.25) is 15.9 Å². The molecule has 0 aromatic heterocycles. The third kappa shape index (κ3) is 5.39. The van der Waals surface area contributed by atoms with Crippen LogP contribution in [0.15, 0.2) is 54.6 Å².